The number of hydrogen-bond donors (Lipinski definition) is 0. The highest BCUT2D eigenvalue weighted by Gasteiger charge is 2.26. The molecule has 1 aliphatic carbocycles. The molecule has 0 radical (unpaired) electrons. The van der Waals surface area contributed by atoms with Crippen molar-refractivity contribution in [2.45, 2.75) is 25.7 Å². The van der Waals surface area contributed by atoms with Crippen molar-refractivity contribution in [1.82, 2.24) is 4.98 Å². The molecule has 1 heterocycles. The summed E-state index contributed by atoms with van der Waals surface area (Å²) in [6, 6.07) is 2.79. The SMILES string of the molecule is O=C(c1ncccc1F)C1CCCC1. The molecule has 0 N–H and O–H groups in total. The number of aromatic nitrogens is 1. The van der Waals surface area contributed by atoms with Crippen molar-refractivity contribution in [3.63, 3.8) is 0 Å². The highest BCUT2D eigenvalue weighted by molar-refractivity contribution is 5.96. The predicted molar refractivity (Wildman–Crippen MR) is 50.5 cm³/mol. The lowest BCUT2D eigenvalue weighted by Crippen LogP contribution is -2.14. The number of carbonyl (C=O) groups is 1. The van der Waals surface area contributed by atoms with Crippen LogP contribution in [0.4, 0.5) is 4.39 Å². The van der Waals surface area contributed by atoms with E-state index in [0.717, 1.165) is 25.7 Å². The molecule has 0 bridgehead atoms. The number of halogens is 1. The van der Waals surface area contributed by atoms with Gasteiger partial charge in [-0.05, 0) is 25.0 Å². The Morgan fingerprint density at radius 2 is 2.14 bits per heavy atom. The molecule has 74 valence electrons. The monoisotopic (exact) mass is 193 g/mol. The number of carbonyl (C=O) groups excluding carboxylic acids is 1. The van der Waals surface area contributed by atoms with Crippen molar-refractivity contribution in [2.75, 3.05) is 0 Å². The molecule has 1 fully saturated rings. The molecule has 1 saturated carbocycles. The van der Waals surface area contributed by atoms with E-state index in [0.29, 0.717) is 0 Å². The van der Waals surface area contributed by atoms with E-state index in [4.69, 9.17) is 0 Å². The lowest BCUT2D eigenvalue weighted by Gasteiger charge is -2.06. The van der Waals surface area contributed by atoms with Gasteiger partial charge >= 0.3 is 0 Å². The molecule has 0 atom stereocenters. The van der Waals surface area contributed by atoms with Gasteiger partial charge in [-0.15, -0.1) is 0 Å². The lowest BCUT2D eigenvalue weighted by molar-refractivity contribution is 0.0913. The van der Waals surface area contributed by atoms with Crippen LogP contribution in [0.5, 0.6) is 0 Å². The minimum Gasteiger partial charge on any atom is -0.292 e. The summed E-state index contributed by atoms with van der Waals surface area (Å²) in [6.07, 6.45) is 5.38. The van der Waals surface area contributed by atoms with Crippen molar-refractivity contribution in [3.05, 3.63) is 29.8 Å². The molecule has 3 heteroatoms. The van der Waals surface area contributed by atoms with E-state index < -0.39 is 5.82 Å². The Bertz CT molecular complexity index is 345. The van der Waals surface area contributed by atoms with Crippen molar-refractivity contribution < 1.29 is 9.18 Å². The molecule has 0 aromatic carbocycles. The summed E-state index contributed by atoms with van der Waals surface area (Å²) in [5.41, 5.74) is 0.0133. The first-order valence-electron chi connectivity index (χ1n) is 4.94. The topological polar surface area (TPSA) is 30.0 Å². The molecule has 1 aliphatic rings. The Balaban J connectivity index is 2.22. The predicted octanol–water partition coefficient (Wildman–Crippen LogP) is 2.59. The zero-order chi connectivity index (χ0) is 9.97. The van der Waals surface area contributed by atoms with E-state index >= 15 is 0 Å². The number of ketones is 1. The molecular formula is C11H12FNO. The number of nitrogens with zero attached hydrogens (tertiary/aromatic N) is 1. The minimum atomic E-state index is -0.496. The molecular weight excluding hydrogens is 181 g/mol. The maximum atomic E-state index is 13.2. The van der Waals surface area contributed by atoms with Gasteiger partial charge in [0.2, 0.25) is 0 Å². The molecule has 0 saturated heterocycles. The van der Waals surface area contributed by atoms with Gasteiger partial charge < -0.3 is 0 Å². The van der Waals surface area contributed by atoms with Gasteiger partial charge in [-0.2, -0.15) is 0 Å². The fraction of sp³-hybridized carbons (Fsp3) is 0.455. The van der Waals surface area contributed by atoms with E-state index in [1.54, 1.807) is 0 Å². The fourth-order valence-electron chi connectivity index (χ4n) is 1.95. The third-order valence-corrected chi connectivity index (χ3v) is 2.72. The van der Waals surface area contributed by atoms with Gasteiger partial charge in [0.25, 0.3) is 0 Å². The molecule has 0 amide bonds. The van der Waals surface area contributed by atoms with Crippen LogP contribution in [0.1, 0.15) is 36.2 Å². The van der Waals surface area contributed by atoms with Crippen molar-refractivity contribution in [1.29, 1.82) is 0 Å². The van der Waals surface area contributed by atoms with Gasteiger partial charge in [-0.25, -0.2) is 4.39 Å². The van der Waals surface area contributed by atoms with E-state index in [2.05, 4.69) is 4.98 Å². The molecule has 0 spiro atoms. The van der Waals surface area contributed by atoms with Crippen molar-refractivity contribution in [3.8, 4) is 0 Å². The van der Waals surface area contributed by atoms with E-state index in [-0.39, 0.29) is 17.4 Å². The van der Waals surface area contributed by atoms with Gasteiger partial charge in [0.15, 0.2) is 11.6 Å². The summed E-state index contributed by atoms with van der Waals surface area (Å²) in [6.45, 7) is 0. The maximum Gasteiger partial charge on any atom is 0.187 e. The Labute approximate surface area is 82.2 Å². The van der Waals surface area contributed by atoms with Crippen LogP contribution in [0.2, 0.25) is 0 Å². The molecule has 0 aliphatic heterocycles. The van der Waals surface area contributed by atoms with Gasteiger partial charge in [0.1, 0.15) is 5.69 Å². The van der Waals surface area contributed by atoms with Gasteiger partial charge in [-0.3, -0.25) is 9.78 Å². The van der Waals surface area contributed by atoms with Crippen LogP contribution >= 0.6 is 0 Å². The van der Waals surface area contributed by atoms with Crippen molar-refractivity contribution >= 4 is 5.78 Å². The second-order valence-electron chi connectivity index (χ2n) is 3.68. The largest absolute Gasteiger partial charge is 0.292 e. The lowest BCUT2D eigenvalue weighted by atomic mass is 9.99. The Kier molecular flexibility index (Phi) is 2.57. The summed E-state index contributed by atoms with van der Waals surface area (Å²) < 4.78 is 13.2. The minimum absolute atomic E-state index is 0.000556. The first-order valence-corrected chi connectivity index (χ1v) is 4.94. The summed E-state index contributed by atoms with van der Waals surface area (Å²) in [4.78, 5) is 15.6. The van der Waals surface area contributed by atoms with Crippen LogP contribution in [0, 0.1) is 11.7 Å². The summed E-state index contributed by atoms with van der Waals surface area (Å²) in [5.74, 6) is -0.621. The van der Waals surface area contributed by atoms with E-state index in [1.807, 2.05) is 0 Å². The van der Waals surface area contributed by atoms with E-state index in [1.165, 1.54) is 18.3 Å². The summed E-state index contributed by atoms with van der Waals surface area (Å²) in [7, 11) is 0. The Morgan fingerprint density at radius 3 is 2.79 bits per heavy atom. The van der Waals surface area contributed by atoms with Crippen molar-refractivity contribution in [2.24, 2.45) is 5.92 Å². The zero-order valence-electron chi connectivity index (χ0n) is 7.87. The van der Waals surface area contributed by atoms with Gasteiger partial charge in [-0.1, -0.05) is 12.8 Å². The van der Waals surface area contributed by atoms with Crippen LogP contribution in [-0.4, -0.2) is 10.8 Å². The molecule has 1 aromatic heterocycles. The average molecular weight is 193 g/mol. The molecule has 2 nitrogen and oxygen atoms in total. The standard InChI is InChI=1S/C11H12FNO/c12-9-6-3-7-13-10(9)11(14)8-4-1-2-5-8/h3,6-8H,1-2,4-5H2. The van der Waals surface area contributed by atoms with E-state index in [9.17, 15) is 9.18 Å². The number of rotatable bonds is 2. The Morgan fingerprint density at radius 1 is 1.43 bits per heavy atom. The smallest absolute Gasteiger partial charge is 0.187 e. The third-order valence-electron chi connectivity index (χ3n) is 2.72. The highest BCUT2D eigenvalue weighted by Crippen LogP contribution is 2.27. The van der Waals surface area contributed by atoms with Crippen LogP contribution < -0.4 is 0 Å². The van der Waals surface area contributed by atoms with Crippen LogP contribution in [-0.2, 0) is 0 Å². The molecule has 2 rings (SSSR count). The Hall–Kier alpha value is -1.25. The highest BCUT2D eigenvalue weighted by atomic mass is 19.1. The first kappa shape index (κ1) is 9.31. The summed E-state index contributed by atoms with van der Waals surface area (Å²) >= 11 is 0. The van der Waals surface area contributed by atoms with Gasteiger partial charge in [0, 0.05) is 12.1 Å². The zero-order valence-corrected chi connectivity index (χ0v) is 7.87. The van der Waals surface area contributed by atoms with Crippen LogP contribution in [0.25, 0.3) is 0 Å². The molecule has 0 unspecified atom stereocenters. The van der Waals surface area contributed by atoms with Crippen LogP contribution in [0.15, 0.2) is 18.3 Å². The first-order chi connectivity index (χ1) is 6.79. The normalized spacial score (nSPS) is 17.2. The fourth-order valence-corrected chi connectivity index (χ4v) is 1.95. The second kappa shape index (κ2) is 3.86. The third kappa shape index (κ3) is 1.67. The summed E-state index contributed by atoms with van der Waals surface area (Å²) in [5, 5.41) is 0. The quantitative estimate of drug-likeness (QED) is 0.676. The number of hydrogen-bond acceptors (Lipinski definition) is 2. The molecule has 1 aromatic rings. The maximum absolute atomic E-state index is 13.2. The number of Topliss-reactive ketones (excluding diaryl/α,β-unsaturated/α-hetero) is 1. The van der Waals surface area contributed by atoms with Gasteiger partial charge in [0.05, 0.1) is 0 Å². The molecule has 14 heavy (non-hydrogen) atoms. The second-order valence-corrected chi connectivity index (χ2v) is 3.68. The van der Waals surface area contributed by atoms with Crippen LogP contribution in [0.3, 0.4) is 0 Å². The average Bonchev–Trinajstić information content (AvgIpc) is 2.70. The number of pyridine rings is 1.